The molecule has 2 aromatic carbocycles. The van der Waals surface area contributed by atoms with Gasteiger partial charge in [-0.1, -0.05) is 37.0 Å². The summed E-state index contributed by atoms with van der Waals surface area (Å²) in [5.74, 6) is -0.110. The van der Waals surface area contributed by atoms with Crippen molar-refractivity contribution < 1.29 is 4.79 Å². The molecule has 1 N–H and O–H groups in total. The molecule has 1 aliphatic rings. The molecule has 1 saturated carbocycles. The highest BCUT2D eigenvalue weighted by molar-refractivity contribution is 8.00. The molecule has 4 rings (SSSR count). The zero-order valence-corrected chi connectivity index (χ0v) is 18.5. The van der Waals surface area contributed by atoms with Crippen LogP contribution in [0.4, 0.5) is 5.13 Å². The van der Waals surface area contributed by atoms with Gasteiger partial charge in [-0.3, -0.25) is 10.1 Å². The summed E-state index contributed by atoms with van der Waals surface area (Å²) in [6, 6.07) is 14.3. The third-order valence-corrected chi connectivity index (χ3v) is 7.47. The summed E-state index contributed by atoms with van der Waals surface area (Å²) in [6.07, 6.45) is 6.67. The predicted molar refractivity (Wildman–Crippen MR) is 124 cm³/mol. The van der Waals surface area contributed by atoms with Crippen LogP contribution in [0.3, 0.4) is 0 Å². The first-order valence-electron chi connectivity index (χ1n) is 10.2. The van der Waals surface area contributed by atoms with Gasteiger partial charge in [-0.15, -0.1) is 23.1 Å². The molecule has 1 fully saturated rings. The summed E-state index contributed by atoms with van der Waals surface area (Å²) in [6.45, 7) is 4.16. The first-order chi connectivity index (χ1) is 14.1. The molecule has 1 aliphatic carbocycles. The van der Waals surface area contributed by atoms with E-state index in [1.165, 1.54) is 59.5 Å². The molecule has 0 unspecified atom stereocenters. The van der Waals surface area contributed by atoms with E-state index in [2.05, 4.69) is 54.5 Å². The summed E-state index contributed by atoms with van der Waals surface area (Å²) in [4.78, 5) is 18.5. The number of hydrogen-bond acceptors (Lipinski definition) is 4. The molecular formula is C24H26N2OS2. The lowest BCUT2D eigenvalue weighted by Crippen LogP contribution is -2.11. The Balaban J connectivity index is 1.40. The number of anilines is 1. The van der Waals surface area contributed by atoms with Crippen LogP contribution >= 0.6 is 23.1 Å². The topological polar surface area (TPSA) is 42.0 Å². The number of thiazole rings is 1. The number of carbonyl (C=O) groups excluding carboxylic acids is 1. The smallest absolute Gasteiger partial charge is 0.257 e. The summed E-state index contributed by atoms with van der Waals surface area (Å²) in [5.41, 5.74) is 5.08. The second-order valence-corrected chi connectivity index (χ2v) is 9.94. The van der Waals surface area contributed by atoms with Crippen LogP contribution in [0.1, 0.15) is 53.6 Å². The maximum Gasteiger partial charge on any atom is 0.257 e. The van der Waals surface area contributed by atoms with Crippen molar-refractivity contribution in [2.24, 2.45) is 0 Å². The van der Waals surface area contributed by atoms with Crippen LogP contribution in [0.2, 0.25) is 0 Å². The average molecular weight is 423 g/mol. The van der Waals surface area contributed by atoms with Crippen LogP contribution in [0.25, 0.3) is 11.3 Å². The number of thioether (sulfide) groups is 1. The second kappa shape index (κ2) is 9.14. The van der Waals surface area contributed by atoms with Crippen LogP contribution in [0.15, 0.2) is 52.7 Å². The summed E-state index contributed by atoms with van der Waals surface area (Å²) in [5, 5.41) is 6.30. The number of aryl methyl sites for hydroxylation is 2. The van der Waals surface area contributed by atoms with Gasteiger partial charge in [0.25, 0.3) is 5.91 Å². The van der Waals surface area contributed by atoms with E-state index >= 15 is 0 Å². The fourth-order valence-electron chi connectivity index (χ4n) is 3.70. The Morgan fingerprint density at radius 3 is 2.59 bits per heavy atom. The molecular weight excluding hydrogens is 396 g/mol. The zero-order valence-electron chi connectivity index (χ0n) is 16.9. The summed E-state index contributed by atoms with van der Waals surface area (Å²) >= 11 is 3.41. The Kier molecular flexibility index (Phi) is 6.36. The molecule has 3 aromatic rings. The Morgan fingerprint density at radius 1 is 1.07 bits per heavy atom. The molecule has 5 heteroatoms. The Morgan fingerprint density at radius 2 is 1.83 bits per heavy atom. The third-order valence-electron chi connectivity index (χ3n) is 5.37. The molecule has 1 aromatic heterocycles. The van der Waals surface area contributed by atoms with Crippen LogP contribution in [-0.2, 0) is 0 Å². The predicted octanol–water partition coefficient (Wildman–Crippen LogP) is 7.10. The van der Waals surface area contributed by atoms with Gasteiger partial charge in [-0.2, -0.15) is 0 Å². The summed E-state index contributed by atoms with van der Waals surface area (Å²) < 4.78 is 0. The van der Waals surface area contributed by atoms with Crippen molar-refractivity contribution in [3.8, 4) is 11.3 Å². The van der Waals surface area contributed by atoms with Crippen molar-refractivity contribution >= 4 is 34.1 Å². The number of rotatable bonds is 5. The van der Waals surface area contributed by atoms with E-state index < -0.39 is 0 Å². The molecule has 0 radical (unpaired) electrons. The molecule has 0 bridgehead atoms. The molecule has 1 heterocycles. The van der Waals surface area contributed by atoms with Gasteiger partial charge in [0.05, 0.1) is 5.69 Å². The van der Waals surface area contributed by atoms with E-state index in [0.717, 1.165) is 16.5 Å². The van der Waals surface area contributed by atoms with Crippen LogP contribution in [-0.4, -0.2) is 16.1 Å². The van der Waals surface area contributed by atoms with Crippen molar-refractivity contribution in [3.05, 3.63) is 64.5 Å². The van der Waals surface area contributed by atoms with Gasteiger partial charge in [0.15, 0.2) is 5.13 Å². The first-order valence-corrected chi connectivity index (χ1v) is 12.0. The Hall–Kier alpha value is -2.11. The minimum absolute atomic E-state index is 0.110. The van der Waals surface area contributed by atoms with E-state index in [9.17, 15) is 4.79 Å². The highest BCUT2D eigenvalue weighted by Crippen LogP contribution is 2.34. The molecule has 0 aliphatic heterocycles. The highest BCUT2D eigenvalue weighted by atomic mass is 32.2. The lowest BCUT2D eigenvalue weighted by molar-refractivity contribution is 0.102. The van der Waals surface area contributed by atoms with Gasteiger partial charge in [-0.05, 0) is 62.6 Å². The maximum atomic E-state index is 12.6. The van der Waals surface area contributed by atoms with E-state index in [1.54, 1.807) is 0 Å². The number of aromatic nitrogens is 1. The lowest BCUT2D eigenvalue weighted by Gasteiger charge is -2.20. The van der Waals surface area contributed by atoms with Gasteiger partial charge >= 0.3 is 0 Å². The lowest BCUT2D eigenvalue weighted by atomic mass is 10.0. The molecule has 0 spiro atoms. The average Bonchev–Trinajstić information content (AvgIpc) is 3.19. The van der Waals surface area contributed by atoms with Crippen molar-refractivity contribution in [2.75, 3.05) is 5.32 Å². The van der Waals surface area contributed by atoms with Gasteiger partial charge in [0.1, 0.15) is 0 Å². The molecule has 0 atom stereocenters. The van der Waals surface area contributed by atoms with E-state index in [0.29, 0.717) is 10.7 Å². The van der Waals surface area contributed by atoms with Gasteiger partial charge in [0, 0.05) is 26.7 Å². The number of carbonyl (C=O) groups is 1. The van der Waals surface area contributed by atoms with Crippen molar-refractivity contribution in [3.63, 3.8) is 0 Å². The zero-order chi connectivity index (χ0) is 20.2. The first kappa shape index (κ1) is 20.2. The summed E-state index contributed by atoms with van der Waals surface area (Å²) in [7, 11) is 0. The number of nitrogens with zero attached hydrogens (tertiary/aromatic N) is 1. The molecule has 1 amide bonds. The maximum absolute atomic E-state index is 12.6. The van der Waals surface area contributed by atoms with Gasteiger partial charge in [0.2, 0.25) is 0 Å². The minimum Gasteiger partial charge on any atom is -0.298 e. The molecule has 0 saturated heterocycles. The molecule has 3 nitrogen and oxygen atoms in total. The van der Waals surface area contributed by atoms with Gasteiger partial charge < -0.3 is 0 Å². The SMILES string of the molecule is Cc1ccc(C)c(-c2csc(NC(=O)c3ccc(SC4CCCCC4)cc3)n2)c1. The number of hydrogen-bond donors (Lipinski definition) is 1. The Labute approximate surface area is 181 Å². The largest absolute Gasteiger partial charge is 0.298 e. The van der Waals surface area contributed by atoms with E-state index in [1.807, 2.05) is 29.3 Å². The molecule has 29 heavy (non-hydrogen) atoms. The van der Waals surface area contributed by atoms with Crippen molar-refractivity contribution in [1.29, 1.82) is 0 Å². The quantitative estimate of drug-likeness (QED) is 0.476. The number of nitrogens with one attached hydrogen (secondary N) is 1. The van der Waals surface area contributed by atoms with Crippen LogP contribution in [0, 0.1) is 13.8 Å². The number of amides is 1. The van der Waals surface area contributed by atoms with Crippen molar-refractivity contribution in [1.82, 2.24) is 4.98 Å². The van der Waals surface area contributed by atoms with E-state index in [4.69, 9.17) is 0 Å². The minimum atomic E-state index is -0.110. The van der Waals surface area contributed by atoms with Crippen LogP contribution < -0.4 is 5.32 Å². The van der Waals surface area contributed by atoms with Crippen LogP contribution in [0.5, 0.6) is 0 Å². The van der Waals surface area contributed by atoms with Gasteiger partial charge in [-0.25, -0.2) is 4.98 Å². The molecule has 150 valence electrons. The third kappa shape index (κ3) is 5.09. The fraction of sp³-hybridized carbons (Fsp3) is 0.333. The van der Waals surface area contributed by atoms with Crippen molar-refractivity contribution in [2.45, 2.75) is 56.1 Å². The Bertz CT molecular complexity index is 988. The van der Waals surface area contributed by atoms with E-state index in [-0.39, 0.29) is 5.91 Å². The number of benzene rings is 2. The normalized spacial score (nSPS) is 14.7. The highest BCUT2D eigenvalue weighted by Gasteiger charge is 2.15. The monoisotopic (exact) mass is 422 g/mol. The fourth-order valence-corrected chi connectivity index (χ4v) is 5.65. The standard InChI is InChI=1S/C24H26N2OS2/c1-16-8-9-17(2)21(14-16)22-15-28-24(25-22)26-23(27)18-10-12-20(13-11-18)29-19-6-4-3-5-7-19/h8-15,19H,3-7H2,1-2H3,(H,25,26,27). The second-order valence-electron chi connectivity index (χ2n) is 7.71.